The van der Waals surface area contributed by atoms with E-state index in [4.69, 9.17) is 4.74 Å². The Morgan fingerprint density at radius 3 is 2.72 bits per heavy atom. The molecular weight excluding hydrogens is 228 g/mol. The average Bonchev–Trinajstić information content (AvgIpc) is 2.35. The Morgan fingerprint density at radius 1 is 1.33 bits per heavy atom. The lowest BCUT2D eigenvalue weighted by molar-refractivity contribution is 0.325. The molecule has 0 aliphatic rings. The molecule has 0 unspecified atom stereocenters. The van der Waals surface area contributed by atoms with Gasteiger partial charge in [0, 0.05) is 25.7 Å². The summed E-state index contributed by atoms with van der Waals surface area (Å²) < 4.78 is 5.37. The first kappa shape index (κ1) is 14.7. The molecule has 18 heavy (non-hydrogen) atoms. The van der Waals surface area contributed by atoms with Crippen molar-refractivity contribution in [3.8, 4) is 5.88 Å². The van der Waals surface area contributed by atoms with Gasteiger partial charge in [-0.25, -0.2) is 0 Å². The van der Waals surface area contributed by atoms with Crippen LogP contribution in [0.5, 0.6) is 5.88 Å². The van der Waals surface area contributed by atoms with Crippen LogP contribution in [0.2, 0.25) is 0 Å². The lowest BCUT2D eigenvalue weighted by Gasteiger charge is -2.22. The zero-order chi connectivity index (χ0) is 13.4. The standard InChI is InChI=1S/C13H24N4O/c1-5-17(8-7-15-11(3)4)12-9-14-10-13(16-12)18-6-2/h9-11,15H,5-8H2,1-4H3. The quantitative estimate of drug-likeness (QED) is 0.763. The molecule has 0 radical (unpaired) electrons. The highest BCUT2D eigenvalue weighted by atomic mass is 16.5. The molecule has 102 valence electrons. The van der Waals surface area contributed by atoms with Crippen molar-refractivity contribution in [3.05, 3.63) is 12.4 Å². The van der Waals surface area contributed by atoms with Crippen molar-refractivity contribution in [1.29, 1.82) is 0 Å². The lowest BCUT2D eigenvalue weighted by atomic mass is 10.4. The van der Waals surface area contributed by atoms with E-state index in [1.54, 1.807) is 12.4 Å². The summed E-state index contributed by atoms with van der Waals surface area (Å²) in [7, 11) is 0. The van der Waals surface area contributed by atoms with Crippen LogP contribution in [-0.2, 0) is 0 Å². The van der Waals surface area contributed by atoms with Gasteiger partial charge in [-0.05, 0) is 13.8 Å². The van der Waals surface area contributed by atoms with Gasteiger partial charge in [0.1, 0.15) is 0 Å². The molecule has 0 saturated heterocycles. The van der Waals surface area contributed by atoms with E-state index in [-0.39, 0.29) is 0 Å². The molecule has 1 rings (SSSR count). The van der Waals surface area contributed by atoms with Crippen molar-refractivity contribution >= 4 is 5.82 Å². The smallest absolute Gasteiger partial charge is 0.234 e. The van der Waals surface area contributed by atoms with Gasteiger partial charge in [0.2, 0.25) is 5.88 Å². The molecule has 0 saturated carbocycles. The first-order valence-corrected chi connectivity index (χ1v) is 6.60. The predicted molar refractivity (Wildman–Crippen MR) is 74.2 cm³/mol. The molecule has 0 fully saturated rings. The Balaban J connectivity index is 2.60. The topological polar surface area (TPSA) is 50.3 Å². The first-order chi connectivity index (χ1) is 8.67. The summed E-state index contributed by atoms with van der Waals surface area (Å²) in [5.41, 5.74) is 0. The van der Waals surface area contributed by atoms with Gasteiger partial charge in [0.05, 0.1) is 19.0 Å². The molecule has 1 N–H and O–H groups in total. The maximum Gasteiger partial charge on any atom is 0.234 e. The lowest BCUT2D eigenvalue weighted by Crippen LogP contribution is -2.35. The molecular formula is C13H24N4O. The zero-order valence-electron chi connectivity index (χ0n) is 11.8. The van der Waals surface area contributed by atoms with Crippen LogP contribution in [0.15, 0.2) is 12.4 Å². The molecule has 0 aliphatic carbocycles. The number of rotatable bonds is 8. The number of hydrogen-bond donors (Lipinski definition) is 1. The van der Waals surface area contributed by atoms with Crippen molar-refractivity contribution < 1.29 is 4.74 Å². The van der Waals surface area contributed by atoms with Crippen molar-refractivity contribution in [2.45, 2.75) is 33.7 Å². The van der Waals surface area contributed by atoms with Gasteiger partial charge in [0.15, 0.2) is 5.82 Å². The minimum atomic E-state index is 0.504. The van der Waals surface area contributed by atoms with Crippen LogP contribution < -0.4 is 15.0 Å². The second-order valence-corrected chi connectivity index (χ2v) is 4.34. The molecule has 5 nitrogen and oxygen atoms in total. The second kappa shape index (κ2) is 7.87. The third-order valence-electron chi connectivity index (χ3n) is 2.53. The van der Waals surface area contributed by atoms with Gasteiger partial charge in [-0.3, -0.25) is 4.98 Å². The summed E-state index contributed by atoms with van der Waals surface area (Å²) in [4.78, 5) is 10.8. The highest BCUT2D eigenvalue weighted by Gasteiger charge is 2.07. The third-order valence-corrected chi connectivity index (χ3v) is 2.53. The van der Waals surface area contributed by atoms with Gasteiger partial charge < -0.3 is 15.0 Å². The second-order valence-electron chi connectivity index (χ2n) is 4.34. The van der Waals surface area contributed by atoms with E-state index in [2.05, 4.69) is 41.0 Å². The monoisotopic (exact) mass is 252 g/mol. The molecule has 0 aromatic carbocycles. The molecule has 5 heteroatoms. The summed E-state index contributed by atoms with van der Waals surface area (Å²) >= 11 is 0. The third kappa shape index (κ3) is 4.87. The fourth-order valence-electron chi connectivity index (χ4n) is 1.63. The summed E-state index contributed by atoms with van der Waals surface area (Å²) in [5.74, 6) is 1.46. The Bertz CT molecular complexity index is 344. The van der Waals surface area contributed by atoms with Crippen LogP contribution in [0.4, 0.5) is 5.82 Å². The number of ether oxygens (including phenoxy) is 1. The number of aromatic nitrogens is 2. The van der Waals surface area contributed by atoms with E-state index < -0.39 is 0 Å². The Kier molecular flexibility index (Phi) is 6.43. The van der Waals surface area contributed by atoms with E-state index >= 15 is 0 Å². The SMILES string of the molecule is CCOc1cncc(N(CC)CCNC(C)C)n1. The molecule has 1 aromatic heterocycles. The normalized spacial score (nSPS) is 10.7. The van der Waals surface area contributed by atoms with Crippen LogP contribution in [0.1, 0.15) is 27.7 Å². The highest BCUT2D eigenvalue weighted by Crippen LogP contribution is 2.13. The Morgan fingerprint density at radius 2 is 2.11 bits per heavy atom. The van der Waals surface area contributed by atoms with Gasteiger partial charge >= 0.3 is 0 Å². The molecule has 0 bridgehead atoms. The van der Waals surface area contributed by atoms with Gasteiger partial charge in [-0.15, -0.1) is 0 Å². The van der Waals surface area contributed by atoms with Crippen molar-refractivity contribution in [1.82, 2.24) is 15.3 Å². The molecule has 1 aromatic rings. The summed E-state index contributed by atoms with van der Waals surface area (Å²) in [6.07, 6.45) is 3.43. The van der Waals surface area contributed by atoms with Crippen LogP contribution in [0.25, 0.3) is 0 Å². The molecule has 0 spiro atoms. The number of likely N-dealkylation sites (N-methyl/N-ethyl adjacent to an activating group) is 1. The Hall–Kier alpha value is -1.36. The maximum absolute atomic E-state index is 5.37. The zero-order valence-corrected chi connectivity index (χ0v) is 11.8. The summed E-state index contributed by atoms with van der Waals surface area (Å²) in [6.45, 7) is 11.7. The largest absolute Gasteiger partial charge is 0.477 e. The van der Waals surface area contributed by atoms with Gasteiger partial charge in [-0.2, -0.15) is 4.98 Å². The van der Waals surface area contributed by atoms with Crippen molar-refractivity contribution in [2.75, 3.05) is 31.1 Å². The first-order valence-electron chi connectivity index (χ1n) is 6.60. The number of anilines is 1. The number of hydrogen-bond acceptors (Lipinski definition) is 5. The Labute approximate surface area is 110 Å². The summed E-state index contributed by atoms with van der Waals surface area (Å²) in [6, 6.07) is 0.504. The van der Waals surface area contributed by atoms with Gasteiger partial charge in [-0.1, -0.05) is 13.8 Å². The van der Waals surface area contributed by atoms with Crippen LogP contribution in [0.3, 0.4) is 0 Å². The van der Waals surface area contributed by atoms with Crippen LogP contribution >= 0.6 is 0 Å². The van der Waals surface area contributed by atoms with Crippen molar-refractivity contribution in [3.63, 3.8) is 0 Å². The van der Waals surface area contributed by atoms with E-state index in [0.29, 0.717) is 18.5 Å². The van der Waals surface area contributed by atoms with Crippen LogP contribution in [-0.4, -0.2) is 42.3 Å². The molecule has 0 amide bonds. The number of nitrogens with one attached hydrogen (secondary N) is 1. The minimum absolute atomic E-state index is 0.504. The van der Waals surface area contributed by atoms with E-state index in [0.717, 1.165) is 25.5 Å². The molecule has 0 aliphatic heterocycles. The van der Waals surface area contributed by atoms with Crippen molar-refractivity contribution in [2.24, 2.45) is 0 Å². The minimum Gasteiger partial charge on any atom is -0.477 e. The molecule has 0 atom stereocenters. The fraction of sp³-hybridized carbons (Fsp3) is 0.692. The van der Waals surface area contributed by atoms with E-state index in [1.165, 1.54) is 0 Å². The number of nitrogens with zero attached hydrogens (tertiary/aromatic N) is 3. The highest BCUT2D eigenvalue weighted by molar-refractivity contribution is 5.37. The fourth-order valence-corrected chi connectivity index (χ4v) is 1.63. The maximum atomic E-state index is 5.37. The average molecular weight is 252 g/mol. The summed E-state index contributed by atoms with van der Waals surface area (Å²) in [5, 5.41) is 3.40. The van der Waals surface area contributed by atoms with E-state index in [1.807, 2.05) is 6.92 Å². The van der Waals surface area contributed by atoms with Crippen LogP contribution in [0, 0.1) is 0 Å². The van der Waals surface area contributed by atoms with Gasteiger partial charge in [0.25, 0.3) is 0 Å². The molecule has 1 heterocycles. The van der Waals surface area contributed by atoms with E-state index in [9.17, 15) is 0 Å². The predicted octanol–water partition coefficient (Wildman–Crippen LogP) is 1.70.